The third kappa shape index (κ3) is 1.83. The second-order valence-electron chi connectivity index (χ2n) is 6.61. The Kier molecular flexibility index (Phi) is 2.75. The van der Waals surface area contributed by atoms with Crippen molar-refractivity contribution in [2.75, 3.05) is 31.1 Å². The van der Waals surface area contributed by atoms with Gasteiger partial charge in [0.15, 0.2) is 0 Å². The van der Waals surface area contributed by atoms with E-state index in [-0.39, 0.29) is 0 Å². The molecule has 3 nitrogen and oxygen atoms in total. The van der Waals surface area contributed by atoms with Gasteiger partial charge in [-0.25, -0.2) is 0 Å². The Hall–Kier alpha value is -1.53. The van der Waals surface area contributed by atoms with Crippen molar-refractivity contribution in [1.82, 2.24) is 9.88 Å². The third-order valence-electron chi connectivity index (χ3n) is 5.54. The van der Waals surface area contributed by atoms with Gasteiger partial charge in [-0.05, 0) is 50.8 Å². The Balaban J connectivity index is 1.57. The van der Waals surface area contributed by atoms with Crippen molar-refractivity contribution in [1.29, 1.82) is 0 Å². The number of pyridine rings is 1. The fraction of sp³-hybridized carbons (Fsp3) is 0.588. The Morgan fingerprint density at radius 3 is 2.80 bits per heavy atom. The van der Waals surface area contributed by atoms with Crippen LogP contribution in [0.5, 0.6) is 0 Å². The van der Waals surface area contributed by atoms with E-state index in [0.29, 0.717) is 5.54 Å². The second-order valence-corrected chi connectivity index (χ2v) is 6.61. The van der Waals surface area contributed by atoms with Crippen LogP contribution < -0.4 is 4.90 Å². The van der Waals surface area contributed by atoms with Crippen molar-refractivity contribution in [2.24, 2.45) is 5.92 Å². The molecule has 20 heavy (non-hydrogen) atoms. The van der Waals surface area contributed by atoms with Gasteiger partial charge < -0.3 is 4.90 Å². The van der Waals surface area contributed by atoms with E-state index in [2.05, 4.69) is 26.8 Å². The summed E-state index contributed by atoms with van der Waals surface area (Å²) in [6.45, 7) is 4.90. The molecule has 4 aliphatic rings. The maximum atomic E-state index is 5.49. The molecule has 3 heteroatoms. The maximum Gasteiger partial charge on any atom is 0.0565 e. The number of hydrogen-bond donors (Lipinski definition) is 0. The van der Waals surface area contributed by atoms with Gasteiger partial charge in [0.1, 0.15) is 0 Å². The number of hydrogen-bond acceptors (Lipinski definition) is 3. The first kappa shape index (κ1) is 12.2. The molecule has 4 fully saturated rings. The number of nitrogens with zero attached hydrogens (tertiary/aromatic N) is 3. The number of terminal acetylenes is 1. The van der Waals surface area contributed by atoms with Gasteiger partial charge in [-0.2, -0.15) is 0 Å². The number of anilines is 1. The molecule has 5 heterocycles. The molecule has 0 amide bonds. The number of fused-ring (bicyclic) bond motifs is 2. The minimum atomic E-state index is 0.438. The zero-order valence-corrected chi connectivity index (χ0v) is 11.9. The second kappa shape index (κ2) is 4.49. The predicted octanol–water partition coefficient (Wildman–Crippen LogP) is 2.13. The quantitative estimate of drug-likeness (QED) is 0.727. The minimum Gasteiger partial charge on any atom is -0.368 e. The Morgan fingerprint density at radius 1 is 1.25 bits per heavy atom. The SMILES string of the molecule is C#Cc1cncc(N2CCC3(CC4CCN3CC4)C2)c1. The van der Waals surface area contributed by atoms with E-state index in [4.69, 9.17) is 6.42 Å². The lowest BCUT2D eigenvalue weighted by Gasteiger charge is -2.52. The van der Waals surface area contributed by atoms with Crippen molar-refractivity contribution in [3.8, 4) is 12.3 Å². The van der Waals surface area contributed by atoms with E-state index in [0.717, 1.165) is 24.6 Å². The molecule has 4 saturated heterocycles. The summed E-state index contributed by atoms with van der Waals surface area (Å²) in [5, 5.41) is 0. The molecule has 1 aromatic rings. The highest BCUT2D eigenvalue weighted by Crippen LogP contribution is 2.44. The van der Waals surface area contributed by atoms with Crippen LogP contribution in [0.4, 0.5) is 5.69 Å². The molecular weight excluding hydrogens is 246 g/mol. The largest absolute Gasteiger partial charge is 0.368 e. The van der Waals surface area contributed by atoms with Crippen LogP contribution in [0.2, 0.25) is 0 Å². The summed E-state index contributed by atoms with van der Waals surface area (Å²) in [6, 6.07) is 2.10. The number of piperidine rings is 3. The van der Waals surface area contributed by atoms with Crippen molar-refractivity contribution in [3.63, 3.8) is 0 Å². The summed E-state index contributed by atoms with van der Waals surface area (Å²) in [7, 11) is 0. The van der Waals surface area contributed by atoms with Crippen molar-refractivity contribution in [3.05, 3.63) is 24.0 Å². The van der Waals surface area contributed by atoms with Crippen LogP contribution >= 0.6 is 0 Å². The first-order valence-electron chi connectivity index (χ1n) is 7.71. The summed E-state index contributed by atoms with van der Waals surface area (Å²) >= 11 is 0. The fourth-order valence-corrected chi connectivity index (χ4v) is 4.46. The monoisotopic (exact) mass is 267 g/mol. The summed E-state index contributed by atoms with van der Waals surface area (Å²) in [4.78, 5) is 9.52. The van der Waals surface area contributed by atoms with Gasteiger partial charge in [-0.3, -0.25) is 9.88 Å². The molecule has 0 radical (unpaired) electrons. The molecule has 1 unspecified atom stereocenters. The lowest BCUT2D eigenvalue weighted by atomic mass is 9.74. The summed E-state index contributed by atoms with van der Waals surface area (Å²) in [5.74, 6) is 3.66. The molecular formula is C17H21N3. The molecule has 0 aromatic carbocycles. The van der Waals surface area contributed by atoms with Gasteiger partial charge in [-0.15, -0.1) is 6.42 Å². The van der Waals surface area contributed by atoms with Crippen LogP contribution in [0, 0.1) is 18.3 Å². The van der Waals surface area contributed by atoms with Gasteiger partial charge in [0.2, 0.25) is 0 Å². The van der Waals surface area contributed by atoms with E-state index in [9.17, 15) is 0 Å². The molecule has 4 aliphatic heterocycles. The van der Waals surface area contributed by atoms with E-state index in [1.54, 1.807) is 6.20 Å². The highest BCUT2D eigenvalue weighted by molar-refractivity contribution is 5.51. The smallest absolute Gasteiger partial charge is 0.0565 e. The molecule has 1 atom stereocenters. The number of rotatable bonds is 1. The van der Waals surface area contributed by atoms with Crippen LogP contribution in [-0.4, -0.2) is 41.6 Å². The average Bonchev–Trinajstić information content (AvgIpc) is 2.92. The topological polar surface area (TPSA) is 19.4 Å². The molecule has 5 rings (SSSR count). The lowest BCUT2D eigenvalue weighted by Crippen LogP contribution is -2.59. The predicted molar refractivity (Wildman–Crippen MR) is 80.6 cm³/mol. The molecule has 1 spiro atoms. The van der Waals surface area contributed by atoms with Gasteiger partial charge in [0, 0.05) is 30.4 Å². The maximum absolute atomic E-state index is 5.49. The van der Waals surface area contributed by atoms with Crippen LogP contribution in [-0.2, 0) is 0 Å². The highest BCUT2D eigenvalue weighted by Gasteiger charge is 2.49. The van der Waals surface area contributed by atoms with E-state index in [1.807, 2.05) is 6.20 Å². The van der Waals surface area contributed by atoms with Crippen LogP contribution in [0.3, 0.4) is 0 Å². The zero-order valence-electron chi connectivity index (χ0n) is 11.9. The van der Waals surface area contributed by atoms with Gasteiger partial charge in [-0.1, -0.05) is 5.92 Å². The van der Waals surface area contributed by atoms with Crippen molar-refractivity contribution in [2.45, 2.75) is 31.2 Å². The molecule has 0 saturated carbocycles. The third-order valence-corrected chi connectivity index (χ3v) is 5.54. The van der Waals surface area contributed by atoms with E-state index in [1.165, 1.54) is 44.5 Å². The first-order chi connectivity index (χ1) is 9.79. The Morgan fingerprint density at radius 2 is 2.10 bits per heavy atom. The van der Waals surface area contributed by atoms with Gasteiger partial charge in [0.05, 0.1) is 11.9 Å². The van der Waals surface area contributed by atoms with Crippen molar-refractivity contribution < 1.29 is 0 Å². The van der Waals surface area contributed by atoms with Crippen LogP contribution in [0.25, 0.3) is 0 Å². The molecule has 1 aromatic heterocycles. The molecule has 2 bridgehead atoms. The molecule has 0 aliphatic carbocycles. The highest BCUT2D eigenvalue weighted by atomic mass is 15.3. The first-order valence-corrected chi connectivity index (χ1v) is 7.71. The normalized spacial score (nSPS) is 35.5. The minimum absolute atomic E-state index is 0.438. The standard InChI is InChI=1S/C17H21N3/c1-2-14-9-16(12-18-11-14)19-8-5-17(13-19)10-15-3-6-20(17)7-4-15/h1,9,11-12,15H,3-8,10,13H2. The van der Waals surface area contributed by atoms with Crippen LogP contribution in [0.15, 0.2) is 18.5 Å². The Bertz CT molecular complexity index is 554. The van der Waals surface area contributed by atoms with Gasteiger partial charge >= 0.3 is 0 Å². The Labute approximate surface area is 121 Å². The van der Waals surface area contributed by atoms with Crippen LogP contribution in [0.1, 0.15) is 31.2 Å². The summed E-state index contributed by atoms with van der Waals surface area (Å²) in [6.07, 6.45) is 14.7. The fourth-order valence-electron chi connectivity index (χ4n) is 4.46. The lowest BCUT2D eigenvalue weighted by molar-refractivity contribution is -0.0157. The number of aromatic nitrogens is 1. The molecule has 0 N–H and O–H groups in total. The summed E-state index contributed by atoms with van der Waals surface area (Å²) < 4.78 is 0. The van der Waals surface area contributed by atoms with Crippen molar-refractivity contribution >= 4 is 5.69 Å². The van der Waals surface area contributed by atoms with E-state index >= 15 is 0 Å². The van der Waals surface area contributed by atoms with Gasteiger partial charge in [0.25, 0.3) is 0 Å². The molecule has 104 valence electrons. The van der Waals surface area contributed by atoms with E-state index < -0.39 is 0 Å². The zero-order chi connectivity index (χ0) is 13.6. The average molecular weight is 267 g/mol. The summed E-state index contributed by atoms with van der Waals surface area (Å²) in [5.41, 5.74) is 2.52.